The van der Waals surface area contributed by atoms with E-state index < -0.39 is 0 Å². The van der Waals surface area contributed by atoms with Gasteiger partial charge in [-0.05, 0) is 18.1 Å². The van der Waals surface area contributed by atoms with E-state index in [0.29, 0.717) is 30.9 Å². The number of nitrogens with zero attached hydrogens (tertiary/aromatic N) is 4. The number of rotatable bonds is 7. The van der Waals surface area contributed by atoms with Gasteiger partial charge in [-0.25, -0.2) is 4.79 Å². The first-order chi connectivity index (χ1) is 13.1. The zero-order valence-electron chi connectivity index (χ0n) is 16.0. The minimum atomic E-state index is -0.198. The summed E-state index contributed by atoms with van der Waals surface area (Å²) in [4.78, 5) is 14.7. The van der Waals surface area contributed by atoms with E-state index in [-0.39, 0.29) is 6.03 Å². The van der Waals surface area contributed by atoms with Crippen LogP contribution in [-0.2, 0) is 11.3 Å². The molecule has 0 spiro atoms. The third kappa shape index (κ3) is 5.27. The summed E-state index contributed by atoms with van der Waals surface area (Å²) in [6.45, 7) is 8.61. The first-order valence-electron chi connectivity index (χ1n) is 9.43. The zero-order chi connectivity index (χ0) is 19.1. The molecule has 0 aliphatic carbocycles. The highest BCUT2D eigenvalue weighted by molar-refractivity contribution is 5.73. The van der Waals surface area contributed by atoms with Gasteiger partial charge in [0.2, 0.25) is 0 Å². The molecule has 2 N–H and O–H groups in total. The van der Waals surface area contributed by atoms with Gasteiger partial charge in [-0.3, -0.25) is 9.47 Å². The Kier molecular flexibility index (Phi) is 6.78. The SMILES string of the molecule is CC(C)C(CNC(=O)NCc1nncn1-c1ccccc1)N1CCOCC1. The van der Waals surface area contributed by atoms with Gasteiger partial charge in [-0.15, -0.1) is 10.2 Å². The highest BCUT2D eigenvalue weighted by Gasteiger charge is 2.24. The van der Waals surface area contributed by atoms with Crippen molar-refractivity contribution < 1.29 is 9.53 Å². The average molecular weight is 372 g/mol. The average Bonchev–Trinajstić information content (AvgIpc) is 3.16. The number of para-hydroxylation sites is 1. The second-order valence-corrected chi connectivity index (χ2v) is 6.98. The summed E-state index contributed by atoms with van der Waals surface area (Å²) in [5.74, 6) is 1.13. The number of carbonyl (C=O) groups is 1. The molecule has 1 aromatic carbocycles. The molecule has 1 unspecified atom stereocenters. The van der Waals surface area contributed by atoms with Gasteiger partial charge in [0.25, 0.3) is 0 Å². The summed E-state index contributed by atoms with van der Waals surface area (Å²) in [5, 5.41) is 13.9. The van der Waals surface area contributed by atoms with Crippen LogP contribution in [0.15, 0.2) is 36.7 Å². The van der Waals surface area contributed by atoms with E-state index in [1.807, 2.05) is 34.9 Å². The number of benzene rings is 1. The van der Waals surface area contributed by atoms with Crippen molar-refractivity contribution in [1.82, 2.24) is 30.3 Å². The third-order valence-electron chi connectivity index (χ3n) is 4.82. The second kappa shape index (κ2) is 9.48. The maximum absolute atomic E-state index is 12.3. The first-order valence-corrected chi connectivity index (χ1v) is 9.43. The number of morpholine rings is 1. The topological polar surface area (TPSA) is 84.3 Å². The minimum absolute atomic E-state index is 0.198. The molecule has 1 saturated heterocycles. The second-order valence-electron chi connectivity index (χ2n) is 6.98. The number of hydrogen-bond donors (Lipinski definition) is 2. The van der Waals surface area contributed by atoms with Crippen LogP contribution in [0.2, 0.25) is 0 Å². The number of amides is 2. The quantitative estimate of drug-likeness (QED) is 0.768. The molecule has 1 aliphatic heterocycles. The summed E-state index contributed by atoms with van der Waals surface area (Å²) >= 11 is 0. The Morgan fingerprint density at radius 2 is 1.93 bits per heavy atom. The van der Waals surface area contributed by atoms with Crippen molar-refractivity contribution >= 4 is 6.03 Å². The van der Waals surface area contributed by atoms with E-state index in [1.165, 1.54) is 0 Å². The Morgan fingerprint density at radius 3 is 2.63 bits per heavy atom. The summed E-state index contributed by atoms with van der Waals surface area (Å²) in [6, 6.07) is 9.92. The van der Waals surface area contributed by atoms with Crippen LogP contribution in [-0.4, -0.2) is 64.6 Å². The van der Waals surface area contributed by atoms with E-state index in [4.69, 9.17) is 4.74 Å². The smallest absolute Gasteiger partial charge is 0.315 e. The normalized spacial score (nSPS) is 16.3. The Labute approximate surface area is 159 Å². The van der Waals surface area contributed by atoms with Gasteiger partial charge in [-0.1, -0.05) is 32.0 Å². The van der Waals surface area contributed by atoms with Gasteiger partial charge in [-0.2, -0.15) is 0 Å². The molecule has 1 aliphatic rings. The zero-order valence-corrected chi connectivity index (χ0v) is 16.0. The highest BCUT2D eigenvalue weighted by atomic mass is 16.5. The Morgan fingerprint density at radius 1 is 1.19 bits per heavy atom. The van der Waals surface area contributed by atoms with E-state index in [9.17, 15) is 4.79 Å². The lowest BCUT2D eigenvalue weighted by Crippen LogP contribution is -2.52. The van der Waals surface area contributed by atoms with Gasteiger partial charge in [0, 0.05) is 31.4 Å². The number of ether oxygens (including phenoxy) is 1. The number of nitrogens with one attached hydrogen (secondary N) is 2. The lowest BCUT2D eigenvalue weighted by Gasteiger charge is -2.36. The molecule has 8 nitrogen and oxygen atoms in total. The maximum atomic E-state index is 12.3. The fourth-order valence-electron chi connectivity index (χ4n) is 3.30. The Bertz CT molecular complexity index is 712. The Hall–Kier alpha value is -2.45. The molecule has 1 aromatic heterocycles. The van der Waals surface area contributed by atoms with Crippen LogP contribution in [0.25, 0.3) is 5.69 Å². The van der Waals surface area contributed by atoms with E-state index in [0.717, 1.165) is 32.0 Å². The third-order valence-corrected chi connectivity index (χ3v) is 4.82. The molecule has 2 aromatic rings. The van der Waals surface area contributed by atoms with Gasteiger partial charge in [0.05, 0.1) is 19.8 Å². The van der Waals surface area contributed by atoms with Crippen LogP contribution in [0, 0.1) is 5.92 Å². The molecule has 1 atom stereocenters. The minimum Gasteiger partial charge on any atom is -0.379 e. The molecule has 1 fully saturated rings. The maximum Gasteiger partial charge on any atom is 0.315 e. The van der Waals surface area contributed by atoms with Gasteiger partial charge < -0.3 is 15.4 Å². The van der Waals surface area contributed by atoms with Crippen molar-refractivity contribution in [2.75, 3.05) is 32.8 Å². The number of hydrogen-bond acceptors (Lipinski definition) is 5. The van der Waals surface area contributed by atoms with Crippen molar-refractivity contribution in [2.45, 2.75) is 26.4 Å². The van der Waals surface area contributed by atoms with Crippen molar-refractivity contribution in [1.29, 1.82) is 0 Å². The molecule has 2 heterocycles. The molecule has 0 saturated carbocycles. The van der Waals surface area contributed by atoms with Crippen LogP contribution < -0.4 is 10.6 Å². The molecule has 0 radical (unpaired) electrons. The predicted octanol–water partition coefficient (Wildman–Crippen LogP) is 1.42. The summed E-state index contributed by atoms with van der Waals surface area (Å²) in [7, 11) is 0. The number of carbonyl (C=O) groups excluding carboxylic acids is 1. The summed E-state index contributed by atoms with van der Waals surface area (Å²) in [5.41, 5.74) is 0.965. The first kappa shape index (κ1) is 19.3. The monoisotopic (exact) mass is 372 g/mol. The molecule has 27 heavy (non-hydrogen) atoms. The van der Waals surface area contributed by atoms with Crippen LogP contribution in [0.4, 0.5) is 4.79 Å². The molecule has 146 valence electrons. The van der Waals surface area contributed by atoms with Gasteiger partial charge in [0.1, 0.15) is 6.33 Å². The number of aromatic nitrogens is 3. The van der Waals surface area contributed by atoms with Crippen molar-refractivity contribution in [3.05, 3.63) is 42.5 Å². The molecule has 8 heteroatoms. The molecule has 3 rings (SSSR count). The van der Waals surface area contributed by atoms with E-state index in [1.54, 1.807) is 6.33 Å². The summed E-state index contributed by atoms with van der Waals surface area (Å²) in [6.07, 6.45) is 1.65. The Balaban J connectivity index is 1.50. The fourth-order valence-corrected chi connectivity index (χ4v) is 3.30. The van der Waals surface area contributed by atoms with E-state index >= 15 is 0 Å². The fraction of sp³-hybridized carbons (Fsp3) is 0.526. The molecule has 0 bridgehead atoms. The molecular weight excluding hydrogens is 344 g/mol. The van der Waals surface area contributed by atoms with Crippen molar-refractivity contribution in [3.63, 3.8) is 0 Å². The van der Waals surface area contributed by atoms with Crippen LogP contribution in [0.1, 0.15) is 19.7 Å². The van der Waals surface area contributed by atoms with Crippen molar-refractivity contribution in [2.24, 2.45) is 5.92 Å². The predicted molar refractivity (Wildman–Crippen MR) is 103 cm³/mol. The molecule has 2 amide bonds. The lowest BCUT2D eigenvalue weighted by atomic mass is 10.0. The van der Waals surface area contributed by atoms with Crippen LogP contribution in [0.3, 0.4) is 0 Å². The van der Waals surface area contributed by atoms with Crippen molar-refractivity contribution in [3.8, 4) is 5.69 Å². The molecular formula is C19H28N6O2. The van der Waals surface area contributed by atoms with Gasteiger partial charge >= 0.3 is 6.03 Å². The number of urea groups is 1. The standard InChI is InChI=1S/C19H28N6O2/c1-15(2)17(24-8-10-27-11-9-24)12-20-19(26)21-13-18-23-22-14-25(18)16-6-4-3-5-7-16/h3-7,14-15,17H,8-13H2,1-2H3,(H2,20,21,26). The lowest BCUT2D eigenvalue weighted by molar-refractivity contribution is 0.00719. The van der Waals surface area contributed by atoms with Crippen LogP contribution >= 0.6 is 0 Å². The van der Waals surface area contributed by atoms with Gasteiger partial charge in [0.15, 0.2) is 5.82 Å². The van der Waals surface area contributed by atoms with Crippen LogP contribution in [0.5, 0.6) is 0 Å². The summed E-state index contributed by atoms with van der Waals surface area (Å²) < 4.78 is 7.29. The highest BCUT2D eigenvalue weighted by Crippen LogP contribution is 2.12. The van der Waals surface area contributed by atoms with E-state index in [2.05, 4.69) is 39.6 Å². The largest absolute Gasteiger partial charge is 0.379 e.